The minimum absolute atomic E-state index is 0.0558. The normalized spacial score (nSPS) is 12.1. The summed E-state index contributed by atoms with van der Waals surface area (Å²) in [5.41, 5.74) is 0.980. The Morgan fingerprint density at radius 3 is 2.80 bits per heavy atom. The Kier molecular flexibility index (Phi) is 4.11. The highest BCUT2D eigenvalue weighted by molar-refractivity contribution is 5.45. The van der Waals surface area contributed by atoms with Gasteiger partial charge in [0.25, 0.3) is 0 Å². The van der Waals surface area contributed by atoms with E-state index in [-0.39, 0.29) is 11.7 Å². The molecule has 0 bridgehead atoms. The smallest absolute Gasteiger partial charge is 0.155 e. The summed E-state index contributed by atoms with van der Waals surface area (Å²) in [6, 6.07) is 3.51. The predicted octanol–water partition coefficient (Wildman–Crippen LogP) is 2.95. The molecule has 1 N–H and O–H groups in total. The van der Waals surface area contributed by atoms with Gasteiger partial charge in [0.2, 0.25) is 0 Å². The summed E-state index contributed by atoms with van der Waals surface area (Å²) in [6.07, 6.45) is 4.57. The summed E-state index contributed by atoms with van der Waals surface area (Å²) in [5, 5.41) is 18.6. The van der Waals surface area contributed by atoms with Crippen LogP contribution in [0.15, 0.2) is 12.3 Å². The lowest BCUT2D eigenvalue weighted by Crippen LogP contribution is -2.01. The Balaban J connectivity index is 3.08. The molecule has 15 heavy (non-hydrogen) atoms. The Labute approximate surface area is 90.4 Å². The first kappa shape index (κ1) is 11.5. The van der Waals surface area contributed by atoms with E-state index in [9.17, 15) is 5.11 Å². The fourth-order valence-electron chi connectivity index (χ4n) is 1.74. The summed E-state index contributed by atoms with van der Waals surface area (Å²) < 4.78 is 0. The summed E-state index contributed by atoms with van der Waals surface area (Å²) in [4.78, 5) is 4.18. The van der Waals surface area contributed by atoms with Gasteiger partial charge in [0, 0.05) is 12.1 Å². The van der Waals surface area contributed by atoms with Crippen LogP contribution in [0.4, 0.5) is 0 Å². The quantitative estimate of drug-likeness (QED) is 0.820. The SMILES string of the molecule is CCCC(CC)c1nccc(C#N)c1O. The molecule has 0 aromatic carbocycles. The minimum atomic E-state index is 0.0558. The van der Waals surface area contributed by atoms with Crippen molar-refractivity contribution in [2.75, 3.05) is 0 Å². The monoisotopic (exact) mass is 204 g/mol. The highest BCUT2D eigenvalue weighted by atomic mass is 16.3. The van der Waals surface area contributed by atoms with E-state index in [0.29, 0.717) is 11.3 Å². The third-order valence-corrected chi connectivity index (χ3v) is 2.59. The van der Waals surface area contributed by atoms with Crippen molar-refractivity contribution < 1.29 is 5.11 Å². The molecule has 0 amide bonds. The molecule has 3 heteroatoms. The average Bonchev–Trinajstić information content (AvgIpc) is 2.27. The van der Waals surface area contributed by atoms with Crippen LogP contribution in [0, 0.1) is 11.3 Å². The zero-order chi connectivity index (χ0) is 11.3. The molecule has 1 unspecified atom stereocenters. The van der Waals surface area contributed by atoms with Crippen molar-refractivity contribution in [1.82, 2.24) is 4.98 Å². The molecule has 1 aromatic heterocycles. The van der Waals surface area contributed by atoms with E-state index >= 15 is 0 Å². The summed E-state index contributed by atoms with van der Waals surface area (Å²) in [6.45, 7) is 4.17. The lowest BCUT2D eigenvalue weighted by Gasteiger charge is -2.14. The fraction of sp³-hybridized carbons (Fsp3) is 0.500. The molecule has 0 fully saturated rings. The van der Waals surface area contributed by atoms with Gasteiger partial charge in [-0.1, -0.05) is 20.3 Å². The van der Waals surface area contributed by atoms with E-state index in [1.54, 1.807) is 6.20 Å². The largest absolute Gasteiger partial charge is 0.505 e. The van der Waals surface area contributed by atoms with Gasteiger partial charge in [0.15, 0.2) is 5.75 Å². The van der Waals surface area contributed by atoms with Gasteiger partial charge in [-0.15, -0.1) is 0 Å². The van der Waals surface area contributed by atoms with Gasteiger partial charge in [-0.25, -0.2) is 0 Å². The standard InChI is InChI=1S/C12H16N2O/c1-3-5-9(4-2)11-12(15)10(8-13)6-7-14-11/h6-7,9,15H,3-5H2,1-2H3. The number of hydrogen-bond donors (Lipinski definition) is 1. The number of nitrogens with zero attached hydrogens (tertiary/aromatic N) is 2. The molecule has 0 aliphatic rings. The highest BCUT2D eigenvalue weighted by Gasteiger charge is 2.16. The van der Waals surface area contributed by atoms with Gasteiger partial charge in [-0.2, -0.15) is 5.26 Å². The summed E-state index contributed by atoms with van der Waals surface area (Å²) in [7, 11) is 0. The average molecular weight is 204 g/mol. The van der Waals surface area contributed by atoms with Gasteiger partial charge in [0.05, 0.1) is 11.3 Å². The second-order valence-corrected chi connectivity index (χ2v) is 3.60. The van der Waals surface area contributed by atoms with Crippen LogP contribution in [-0.4, -0.2) is 10.1 Å². The molecule has 0 aliphatic carbocycles. The Bertz CT molecular complexity index is 368. The van der Waals surface area contributed by atoms with Gasteiger partial charge in [-0.05, 0) is 18.9 Å². The minimum Gasteiger partial charge on any atom is -0.505 e. The van der Waals surface area contributed by atoms with Crippen LogP contribution in [0.25, 0.3) is 0 Å². The third kappa shape index (κ3) is 2.47. The molecular formula is C12H16N2O. The van der Waals surface area contributed by atoms with Crippen LogP contribution >= 0.6 is 0 Å². The molecule has 1 aromatic rings. The maximum Gasteiger partial charge on any atom is 0.155 e. The number of aromatic nitrogens is 1. The molecule has 0 saturated carbocycles. The van der Waals surface area contributed by atoms with Crippen LogP contribution in [0.5, 0.6) is 5.75 Å². The van der Waals surface area contributed by atoms with Gasteiger partial charge >= 0.3 is 0 Å². The van der Waals surface area contributed by atoms with Gasteiger partial charge in [-0.3, -0.25) is 4.98 Å². The first-order valence-electron chi connectivity index (χ1n) is 5.32. The first-order valence-corrected chi connectivity index (χ1v) is 5.32. The predicted molar refractivity (Wildman–Crippen MR) is 58.6 cm³/mol. The summed E-state index contributed by atoms with van der Waals surface area (Å²) >= 11 is 0. The third-order valence-electron chi connectivity index (χ3n) is 2.59. The number of rotatable bonds is 4. The maximum atomic E-state index is 9.83. The molecule has 0 aliphatic heterocycles. The van der Waals surface area contributed by atoms with Crippen molar-refractivity contribution in [3.8, 4) is 11.8 Å². The lowest BCUT2D eigenvalue weighted by molar-refractivity contribution is 0.445. The molecule has 3 nitrogen and oxygen atoms in total. The van der Waals surface area contributed by atoms with E-state index in [0.717, 1.165) is 19.3 Å². The second kappa shape index (κ2) is 5.35. The van der Waals surface area contributed by atoms with Crippen molar-refractivity contribution in [3.05, 3.63) is 23.5 Å². The second-order valence-electron chi connectivity index (χ2n) is 3.60. The fourth-order valence-corrected chi connectivity index (χ4v) is 1.74. The zero-order valence-electron chi connectivity index (χ0n) is 9.20. The number of pyridine rings is 1. The van der Waals surface area contributed by atoms with Crippen molar-refractivity contribution in [3.63, 3.8) is 0 Å². The molecule has 0 spiro atoms. The Hall–Kier alpha value is -1.56. The van der Waals surface area contributed by atoms with E-state index in [4.69, 9.17) is 5.26 Å². The van der Waals surface area contributed by atoms with Gasteiger partial charge in [0.1, 0.15) is 6.07 Å². The molecule has 0 radical (unpaired) electrons. The van der Waals surface area contributed by atoms with E-state index in [2.05, 4.69) is 18.8 Å². The van der Waals surface area contributed by atoms with Crippen LogP contribution in [-0.2, 0) is 0 Å². The highest BCUT2D eigenvalue weighted by Crippen LogP contribution is 2.31. The Morgan fingerprint density at radius 2 is 2.27 bits per heavy atom. The van der Waals surface area contributed by atoms with Crippen LogP contribution in [0.1, 0.15) is 50.3 Å². The maximum absolute atomic E-state index is 9.83. The molecule has 1 atom stereocenters. The molecular weight excluding hydrogens is 188 g/mol. The molecule has 1 heterocycles. The van der Waals surface area contributed by atoms with Crippen LogP contribution in [0.2, 0.25) is 0 Å². The number of hydrogen-bond acceptors (Lipinski definition) is 3. The zero-order valence-corrected chi connectivity index (χ0v) is 9.20. The van der Waals surface area contributed by atoms with Crippen molar-refractivity contribution >= 4 is 0 Å². The van der Waals surface area contributed by atoms with E-state index < -0.39 is 0 Å². The number of nitriles is 1. The lowest BCUT2D eigenvalue weighted by atomic mass is 9.95. The summed E-state index contributed by atoms with van der Waals surface area (Å²) in [5.74, 6) is 0.309. The van der Waals surface area contributed by atoms with Crippen molar-refractivity contribution in [2.24, 2.45) is 0 Å². The van der Waals surface area contributed by atoms with Gasteiger partial charge < -0.3 is 5.11 Å². The van der Waals surface area contributed by atoms with Crippen LogP contribution in [0.3, 0.4) is 0 Å². The van der Waals surface area contributed by atoms with Crippen LogP contribution < -0.4 is 0 Å². The first-order chi connectivity index (χ1) is 7.24. The topological polar surface area (TPSA) is 56.9 Å². The molecule has 0 saturated heterocycles. The van der Waals surface area contributed by atoms with E-state index in [1.165, 1.54) is 6.07 Å². The molecule has 1 rings (SSSR count). The number of aromatic hydroxyl groups is 1. The molecule has 80 valence electrons. The van der Waals surface area contributed by atoms with Crippen molar-refractivity contribution in [1.29, 1.82) is 5.26 Å². The Morgan fingerprint density at radius 1 is 1.53 bits per heavy atom. The van der Waals surface area contributed by atoms with E-state index in [1.807, 2.05) is 6.07 Å². The van der Waals surface area contributed by atoms with Crippen molar-refractivity contribution in [2.45, 2.75) is 39.0 Å².